The van der Waals surface area contributed by atoms with E-state index < -0.39 is 0 Å². The third-order valence-corrected chi connectivity index (χ3v) is 3.47. The standard InChI is InChI=1S/C14H14N6S/c1-18(2)11-3-4-16-12(7-11)13-8-20(10-17-13)14(21)19-6-5-15-9-19/h3-10H,1-2H3. The van der Waals surface area contributed by atoms with E-state index in [2.05, 4.69) is 15.0 Å². The van der Waals surface area contributed by atoms with Gasteiger partial charge in [-0.05, 0) is 24.4 Å². The van der Waals surface area contributed by atoms with E-state index in [1.807, 2.05) is 37.3 Å². The number of imidazole rings is 2. The second-order valence-corrected chi connectivity index (χ2v) is 5.08. The topological polar surface area (TPSA) is 51.8 Å². The Balaban J connectivity index is 1.92. The number of hydrogen-bond donors (Lipinski definition) is 0. The van der Waals surface area contributed by atoms with E-state index in [-0.39, 0.29) is 0 Å². The Kier molecular flexibility index (Phi) is 3.49. The van der Waals surface area contributed by atoms with Gasteiger partial charge in [0.05, 0.1) is 5.69 Å². The lowest BCUT2D eigenvalue weighted by molar-refractivity contribution is 1.03. The minimum atomic E-state index is 0.593. The number of rotatable bonds is 2. The van der Waals surface area contributed by atoms with Crippen LogP contribution in [0.15, 0.2) is 49.6 Å². The van der Waals surface area contributed by atoms with Crippen molar-refractivity contribution in [3.05, 3.63) is 49.6 Å². The van der Waals surface area contributed by atoms with Crippen LogP contribution in [0.25, 0.3) is 11.4 Å². The molecule has 0 bridgehead atoms. The molecule has 21 heavy (non-hydrogen) atoms. The number of pyridine rings is 1. The Morgan fingerprint density at radius 3 is 2.67 bits per heavy atom. The van der Waals surface area contributed by atoms with Crippen LogP contribution in [0.3, 0.4) is 0 Å². The molecule has 0 aromatic carbocycles. The Morgan fingerprint density at radius 2 is 1.95 bits per heavy atom. The maximum Gasteiger partial charge on any atom is 0.190 e. The Hall–Kier alpha value is -2.54. The molecule has 3 rings (SSSR count). The highest BCUT2D eigenvalue weighted by Crippen LogP contribution is 2.19. The molecule has 0 amide bonds. The molecule has 0 fully saturated rings. The normalized spacial score (nSPS) is 10.6. The predicted octanol–water partition coefficient (Wildman–Crippen LogP) is 1.89. The average molecular weight is 298 g/mol. The second kappa shape index (κ2) is 5.45. The van der Waals surface area contributed by atoms with Gasteiger partial charge in [0.1, 0.15) is 18.3 Å². The van der Waals surface area contributed by atoms with Gasteiger partial charge in [-0.25, -0.2) is 9.97 Å². The highest BCUT2D eigenvalue weighted by Gasteiger charge is 2.08. The van der Waals surface area contributed by atoms with Crippen LogP contribution >= 0.6 is 12.2 Å². The third kappa shape index (κ3) is 2.68. The molecular formula is C14H14N6S. The molecule has 3 heterocycles. The summed E-state index contributed by atoms with van der Waals surface area (Å²) in [6.45, 7) is 0. The van der Waals surface area contributed by atoms with Crippen molar-refractivity contribution in [3.8, 4) is 11.4 Å². The van der Waals surface area contributed by atoms with E-state index in [0.717, 1.165) is 17.1 Å². The van der Waals surface area contributed by atoms with Crippen molar-refractivity contribution in [2.24, 2.45) is 0 Å². The van der Waals surface area contributed by atoms with Gasteiger partial charge in [0.2, 0.25) is 0 Å². The van der Waals surface area contributed by atoms with Gasteiger partial charge in [0.25, 0.3) is 0 Å². The molecule has 0 N–H and O–H groups in total. The average Bonchev–Trinajstić information content (AvgIpc) is 3.18. The molecule has 3 aromatic heterocycles. The van der Waals surface area contributed by atoms with Crippen LogP contribution in [-0.4, -0.2) is 43.3 Å². The van der Waals surface area contributed by atoms with Gasteiger partial charge in [-0.15, -0.1) is 0 Å². The van der Waals surface area contributed by atoms with Crippen molar-refractivity contribution in [2.75, 3.05) is 19.0 Å². The summed E-state index contributed by atoms with van der Waals surface area (Å²) in [5.74, 6) is 0. The largest absolute Gasteiger partial charge is 0.378 e. The molecule has 0 spiro atoms. The number of nitrogens with zero attached hydrogens (tertiary/aromatic N) is 6. The lowest BCUT2D eigenvalue weighted by Gasteiger charge is -2.12. The van der Waals surface area contributed by atoms with Crippen LogP contribution in [0.4, 0.5) is 5.69 Å². The summed E-state index contributed by atoms with van der Waals surface area (Å²) < 4.78 is 3.53. The molecule has 0 aliphatic carbocycles. The van der Waals surface area contributed by atoms with E-state index in [9.17, 15) is 0 Å². The van der Waals surface area contributed by atoms with Crippen molar-refractivity contribution < 1.29 is 0 Å². The highest BCUT2D eigenvalue weighted by atomic mass is 32.1. The van der Waals surface area contributed by atoms with Gasteiger partial charge >= 0.3 is 0 Å². The first-order chi connectivity index (χ1) is 10.1. The van der Waals surface area contributed by atoms with Gasteiger partial charge in [-0.3, -0.25) is 14.1 Å². The van der Waals surface area contributed by atoms with Crippen molar-refractivity contribution in [1.82, 2.24) is 24.1 Å². The molecule has 0 atom stereocenters. The maximum absolute atomic E-state index is 5.39. The highest BCUT2D eigenvalue weighted by molar-refractivity contribution is 7.80. The van der Waals surface area contributed by atoms with Crippen LogP contribution in [-0.2, 0) is 0 Å². The molecule has 0 aliphatic rings. The minimum Gasteiger partial charge on any atom is -0.378 e. The van der Waals surface area contributed by atoms with Crippen LogP contribution in [0, 0.1) is 0 Å². The molecular weight excluding hydrogens is 284 g/mol. The van der Waals surface area contributed by atoms with Gasteiger partial charge in [0.15, 0.2) is 5.11 Å². The Labute approximate surface area is 127 Å². The number of hydrogen-bond acceptors (Lipinski definition) is 5. The smallest absolute Gasteiger partial charge is 0.190 e. The fraction of sp³-hybridized carbons (Fsp3) is 0.143. The predicted molar refractivity (Wildman–Crippen MR) is 85.4 cm³/mol. The molecule has 7 heteroatoms. The molecule has 0 unspecified atom stereocenters. The van der Waals surface area contributed by atoms with Crippen LogP contribution < -0.4 is 4.90 Å². The summed E-state index contributed by atoms with van der Waals surface area (Å²) >= 11 is 5.39. The fourth-order valence-corrected chi connectivity index (χ4v) is 2.11. The quantitative estimate of drug-likeness (QED) is 0.676. The minimum absolute atomic E-state index is 0.593. The van der Waals surface area contributed by atoms with E-state index >= 15 is 0 Å². The summed E-state index contributed by atoms with van der Waals surface area (Å²) in [6, 6.07) is 3.95. The Morgan fingerprint density at radius 1 is 1.10 bits per heavy atom. The molecule has 0 saturated heterocycles. The van der Waals surface area contributed by atoms with Crippen molar-refractivity contribution in [1.29, 1.82) is 0 Å². The number of aromatic nitrogens is 5. The van der Waals surface area contributed by atoms with Crippen LogP contribution in [0.1, 0.15) is 0 Å². The number of anilines is 1. The monoisotopic (exact) mass is 298 g/mol. The van der Waals surface area contributed by atoms with E-state index in [0.29, 0.717) is 5.11 Å². The first kappa shape index (κ1) is 13.4. The van der Waals surface area contributed by atoms with E-state index in [4.69, 9.17) is 12.2 Å². The molecule has 0 aliphatic heterocycles. The molecule has 6 nitrogen and oxygen atoms in total. The Bertz CT molecular complexity index is 759. The van der Waals surface area contributed by atoms with Gasteiger partial charge < -0.3 is 4.90 Å². The maximum atomic E-state index is 5.39. The molecule has 106 valence electrons. The SMILES string of the molecule is CN(C)c1ccnc(-c2cn(C(=S)n3ccnc3)cn2)c1. The second-order valence-electron chi connectivity index (χ2n) is 4.71. The van der Waals surface area contributed by atoms with E-state index in [1.54, 1.807) is 40.4 Å². The van der Waals surface area contributed by atoms with E-state index in [1.165, 1.54) is 0 Å². The molecule has 0 radical (unpaired) electrons. The zero-order valence-corrected chi connectivity index (χ0v) is 12.5. The van der Waals surface area contributed by atoms with Gasteiger partial charge in [0, 0.05) is 44.6 Å². The fourth-order valence-electron chi connectivity index (χ4n) is 1.90. The summed E-state index contributed by atoms with van der Waals surface area (Å²) in [5.41, 5.74) is 2.67. The lowest BCUT2D eigenvalue weighted by Crippen LogP contribution is -2.15. The zero-order valence-electron chi connectivity index (χ0n) is 11.7. The van der Waals surface area contributed by atoms with Gasteiger partial charge in [-0.1, -0.05) is 0 Å². The summed E-state index contributed by atoms with van der Waals surface area (Å²) in [4.78, 5) is 14.8. The first-order valence-corrected chi connectivity index (χ1v) is 6.76. The summed E-state index contributed by atoms with van der Waals surface area (Å²) in [6.07, 6.45) is 10.5. The van der Waals surface area contributed by atoms with Crippen molar-refractivity contribution >= 4 is 23.0 Å². The number of thiocarbonyl (C=S) groups is 1. The third-order valence-electron chi connectivity index (χ3n) is 3.05. The summed E-state index contributed by atoms with van der Waals surface area (Å²) in [5, 5.41) is 0.593. The van der Waals surface area contributed by atoms with Crippen molar-refractivity contribution in [2.45, 2.75) is 0 Å². The lowest BCUT2D eigenvalue weighted by atomic mass is 10.2. The molecule has 0 saturated carbocycles. The summed E-state index contributed by atoms with van der Waals surface area (Å²) in [7, 11) is 3.98. The first-order valence-electron chi connectivity index (χ1n) is 6.35. The molecule has 3 aromatic rings. The zero-order chi connectivity index (χ0) is 14.8. The van der Waals surface area contributed by atoms with Crippen LogP contribution in [0.2, 0.25) is 0 Å². The van der Waals surface area contributed by atoms with Crippen molar-refractivity contribution in [3.63, 3.8) is 0 Å². The van der Waals surface area contributed by atoms with Crippen LogP contribution in [0.5, 0.6) is 0 Å². The van der Waals surface area contributed by atoms with Gasteiger partial charge in [-0.2, -0.15) is 0 Å².